The number of phenolic OH excluding ortho intramolecular Hbond substituents is 2. The summed E-state index contributed by atoms with van der Waals surface area (Å²) in [6, 6.07) is 17.6. The van der Waals surface area contributed by atoms with Gasteiger partial charge < -0.3 is 33.9 Å². The number of aromatic hydroxyl groups is 2. The number of benzene rings is 3. The van der Waals surface area contributed by atoms with Crippen LogP contribution in [0.15, 0.2) is 60.7 Å². The number of hydrogen-bond donors (Lipinski definition) is 2. The molecule has 0 saturated heterocycles. The molecule has 12 nitrogen and oxygen atoms in total. The molecule has 0 radical (unpaired) electrons. The van der Waals surface area contributed by atoms with Crippen LogP contribution in [0, 0.1) is 13.8 Å². The molecule has 3 aromatic carbocycles. The Kier molecular flexibility index (Phi) is 59.0. The lowest BCUT2D eigenvalue weighted by Crippen LogP contribution is -2.30. The first-order valence-corrected chi connectivity index (χ1v) is 44.4. The van der Waals surface area contributed by atoms with Crippen molar-refractivity contribution in [3.8, 4) is 51.5 Å². The molecule has 4 rings (SSSR count). The maximum absolute atomic E-state index is 13.3. The van der Waals surface area contributed by atoms with E-state index in [0.29, 0.717) is 34.5 Å². The van der Waals surface area contributed by atoms with E-state index >= 15 is 0 Å². The number of aryl methyl sites for hydroxylation is 2. The third kappa shape index (κ3) is 49.2. The Balaban J connectivity index is 0.000000571. The van der Waals surface area contributed by atoms with Crippen molar-refractivity contribution in [1.29, 1.82) is 0 Å². The van der Waals surface area contributed by atoms with Crippen molar-refractivity contribution in [3.63, 3.8) is 0 Å². The van der Waals surface area contributed by atoms with Gasteiger partial charge in [-0.3, -0.25) is 9.59 Å². The Morgan fingerprint density at radius 2 is 0.613 bits per heavy atom. The van der Waals surface area contributed by atoms with Gasteiger partial charge in [0.25, 0.3) is 0 Å². The van der Waals surface area contributed by atoms with Crippen LogP contribution < -0.4 is 14.2 Å². The van der Waals surface area contributed by atoms with Crippen LogP contribution in [0.25, 0.3) is 22.8 Å². The summed E-state index contributed by atoms with van der Waals surface area (Å²) in [5.41, 5.74) is 2.06. The summed E-state index contributed by atoms with van der Waals surface area (Å²) in [5.74, 6) is 3.05. The normalized spacial score (nSPS) is 12.6. The zero-order chi connectivity index (χ0) is 76.6. The van der Waals surface area contributed by atoms with Crippen LogP contribution in [-0.2, 0) is 19.1 Å². The van der Waals surface area contributed by atoms with Gasteiger partial charge in [-0.15, -0.1) is 0 Å². The molecule has 0 amide bonds. The second-order valence-electron chi connectivity index (χ2n) is 31.3. The van der Waals surface area contributed by atoms with E-state index in [1.807, 2.05) is 31.2 Å². The number of carbonyl (C=O) groups is 2. The summed E-state index contributed by atoms with van der Waals surface area (Å²) in [7, 11) is 1.63. The molecule has 4 aromatic rings. The molecule has 0 bridgehead atoms. The van der Waals surface area contributed by atoms with E-state index in [0.717, 1.165) is 55.4 Å². The summed E-state index contributed by atoms with van der Waals surface area (Å²) in [5, 5.41) is 21.0. The van der Waals surface area contributed by atoms with Crippen LogP contribution >= 0.6 is 0 Å². The highest BCUT2D eigenvalue weighted by Crippen LogP contribution is 2.33. The number of carbonyl (C=O) groups excluding carboxylic acids is 2. The summed E-state index contributed by atoms with van der Waals surface area (Å²) < 4.78 is 29.7. The zero-order valence-electron chi connectivity index (χ0n) is 69.7. The first kappa shape index (κ1) is 95.1. The third-order valence-electron chi connectivity index (χ3n) is 21.5. The van der Waals surface area contributed by atoms with E-state index in [1.165, 1.54) is 327 Å². The molecule has 604 valence electrons. The average Bonchev–Trinajstić information content (AvgIpc) is 0.807. The van der Waals surface area contributed by atoms with Gasteiger partial charge >= 0.3 is 0 Å². The Labute approximate surface area is 649 Å². The number of rotatable bonds is 71. The fourth-order valence-corrected chi connectivity index (χ4v) is 14.3. The number of aromatic nitrogens is 3. The third-order valence-corrected chi connectivity index (χ3v) is 21.5. The zero-order valence-corrected chi connectivity index (χ0v) is 69.7. The maximum atomic E-state index is 13.3. The molecule has 0 aliphatic rings. The van der Waals surface area contributed by atoms with Crippen LogP contribution in [0.3, 0.4) is 0 Å². The Hall–Kier alpha value is -5.07. The molecule has 0 aliphatic heterocycles. The van der Waals surface area contributed by atoms with E-state index < -0.39 is 12.2 Å². The Bertz CT molecular complexity index is 2720. The minimum atomic E-state index is -0.718. The standard InChI is InChI=1S/C52H83N3O5.C42H76O4/c1-6-8-10-12-14-16-18-20-21-23-25-27-29-31-33-46(32-30-28-26-24-22-19-17-15-13-11-9-7-2)59-41-50(57)42(3)60-47-38-39-48(49(56)40-47)52-54-43(4)53-51(55-52)44-34-36-45(58-5)37-35-44;1-5-7-9-11-13-15-17-19-20-22-24-26-28-30-32-39(31-29-27-25-23-21-18-16-14-12-10-8-6-2)45-36-42(44)38(4)46-40-34-33-37(3)41(43)35-40/h34-40,42,46,56H,6-33,41H2,1-5H3;33-35,38-39,43H,5-32,36H2,1-4H3. The number of methoxy groups -OCH3 is 1. The number of nitrogens with zero attached hydrogens (tertiary/aromatic N) is 3. The van der Waals surface area contributed by atoms with E-state index in [2.05, 4.69) is 42.6 Å². The largest absolute Gasteiger partial charge is 0.508 e. The van der Waals surface area contributed by atoms with Gasteiger partial charge in [-0.05, 0) is 101 Å². The van der Waals surface area contributed by atoms with Gasteiger partial charge in [0, 0.05) is 17.7 Å². The number of ketones is 2. The number of Topliss-reactive ketones (excluding diaryl/α,β-unsaturated/α-hetero) is 2. The van der Waals surface area contributed by atoms with Crippen molar-refractivity contribution < 1.29 is 43.5 Å². The molecular weight excluding hydrogens is 1320 g/mol. The lowest BCUT2D eigenvalue weighted by Gasteiger charge is -2.20. The summed E-state index contributed by atoms with van der Waals surface area (Å²) in [4.78, 5) is 39.8. The van der Waals surface area contributed by atoms with Gasteiger partial charge in [-0.1, -0.05) is 368 Å². The highest BCUT2D eigenvalue weighted by atomic mass is 16.5. The minimum absolute atomic E-state index is 0.0328. The SMILES string of the molecule is CCCCCCCCCCCCCCCCC(CCCCCCCCCCCCCC)OCC(=O)C(C)Oc1ccc(-c2nc(C)nc(-c3ccc(OC)cc3)n2)c(O)c1.CCCCCCCCCCCCCCCCC(CCCCCCCCCCCCCC)OCC(=O)C(C)Oc1ccc(C)c(O)c1. The van der Waals surface area contributed by atoms with Gasteiger partial charge in [-0.25, -0.2) is 15.0 Å². The van der Waals surface area contributed by atoms with Crippen molar-refractivity contribution in [3.05, 3.63) is 72.1 Å². The molecule has 4 atom stereocenters. The molecule has 0 aliphatic carbocycles. The number of hydrogen-bond acceptors (Lipinski definition) is 12. The van der Waals surface area contributed by atoms with Gasteiger partial charge in [0.2, 0.25) is 0 Å². The lowest BCUT2D eigenvalue weighted by molar-refractivity contribution is -0.132. The molecule has 12 heteroatoms. The maximum Gasteiger partial charge on any atom is 0.198 e. The van der Waals surface area contributed by atoms with Crippen LogP contribution in [0.1, 0.15) is 412 Å². The fourth-order valence-electron chi connectivity index (χ4n) is 14.3. The first-order chi connectivity index (χ1) is 51.8. The van der Waals surface area contributed by atoms with Gasteiger partial charge in [0.1, 0.15) is 47.8 Å². The smallest absolute Gasteiger partial charge is 0.198 e. The topological polar surface area (TPSA) is 159 Å². The van der Waals surface area contributed by atoms with Crippen molar-refractivity contribution in [2.75, 3.05) is 20.3 Å². The highest BCUT2D eigenvalue weighted by molar-refractivity contribution is 5.84. The molecule has 106 heavy (non-hydrogen) atoms. The van der Waals surface area contributed by atoms with E-state index in [-0.39, 0.29) is 48.5 Å². The molecule has 0 spiro atoms. The molecule has 1 heterocycles. The van der Waals surface area contributed by atoms with Gasteiger partial charge in [-0.2, -0.15) is 0 Å². The summed E-state index contributed by atoms with van der Waals surface area (Å²) >= 11 is 0. The van der Waals surface area contributed by atoms with Crippen LogP contribution in [0.5, 0.6) is 28.7 Å². The molecular formula is C94H159N3O9. The van der Waals surface area contributed by atoms with Crippen molar-refractivity contribution in [2.45, 2.75) is 439 Å². The lowest BCUT2D eigenvalue weighted by atomic mass is 10.0. The van der Waals surface area contributed by atoms with Gasteiger partial charge in [0.05, 0.1) is 24.9 Å². The number of phenols is 2. The number of ether oxygens (including phenoxy) is 5. The molecule has 1 aromatic heterocycles. The molecule has 4 unspecified atom stereocenters. The highest BCUT2D eigenvalue weighted by Gasteiger charge is 2.22. The van der Waals surface area contributed by atoms with Crippen LogP contribution in [-0.4, -0.2) is 81.5 Å². The van der Waals surface area contributed by atoms with Crippen molar-refractivity contribution >= 4 is 11.6 Å². The van der Waals surface area contributed by atoms with E-state index in [1.54, 1.807) is 58.2 Å². The fraction of sp³-hybridized carbons (Fsp3) is 0.755. The second kappa shape index (κ2) is 65.8. The Morgan fingerprint density at radius 1 is 0.340 bits per heavy atom. The monoisotopic (exact) mass is 1470 g/mol. The molecule has 0 fully saturated rings. The van der Waals surface area contributed by atoms with E-state index in [9.17, 15) is 19.8 Å². The minimum Gasteiger partial charge on any atom is -0.508 e. The van der Waals surface area contributed by atoms with Crippen LogP contribution in [0.4, 0.5) is 0 Å². The van der Waals surface area contributed by atoms with Crippen LogP contribution in [0.2, 0.25) is 0 Å². The van der Waals surface area contributed by atoms with Crippen molar-refractivity contribution in [2.24, 2.45) is 0 Å². The molecule has 0 saturated carbocycles. The summed E-state index contributed by atoms with van der Waals surface area (Å²) in [6.45, 7) is 16.4. The summed E-state index contributed by atoms with van der Waals surface area (Å²) in [6.07, 6.45) is 73.2. The Morgan fingerprint density at radius 3 is 0.906 bits per heavy atom. The average molecular weight is 1480 g/mol. The van der Waals surface area contributed by atoms with E-state index in [4.69, 9.17) is 23.7 Å². The first-order valence-electron chi connectivity index (χ1n) is 44.4. The second-order valence-corrected chi connectivity index (χ2v) is 31.3. The van der Waals surface area contributed by atoms with Crippen molar-refractivity contribution in [1.82, 2.24) is 15.0 Å². The quantitative estimate of drug-likeness (QED) is 0.0404. The predicted octanol–water partition coefficient (Wildman–Crippen LogP) is 28.3. The number of unbranched alkanes of at least 4 members (excludes halogenated alkanes) is 48. The molecule has 2 N–H and O–H groups in total. The predicted molar refractivity (Wildman–Crippen MR) is 447 cm³/mol. The van der Waals surface area contributed by atoms with Gasteiger partial charge in [0.15, 0.2) is 35.4 Å².